The fourth-order valence-electron chi connectivity index (χ4n) is 1.90. The molecule has 0 fully saturated rings. The number of aromatic nitrogens is 3. The maximum Gasteiger partial charge on any atom is 0.180 e. The summed E-state index contributed by atoms with van der Waals surface area (Å²) in [5.74, 6) is 1.93. The standard InChI is InChI=1S/C15H19IN4/c1-5-17-15-12(16)13(9(2)3)19-14(20-15)11-8-10(4)6-7-18-11/h6-9H,5H2,1-4H3,(H,17,19,20). The van der Waals surface area contributed by atoms with Crippen LogP contribution in [-0.4, -0.2) is 21.5 Å². The number of aryl methyl sites for hydroxylation is 1. The Morgan fingerprint density at radius 2 is 2.05 bits per heavy atom. The van der Waals surface area contributed by atoms with Crippen molar-refractivity contribution in [2.45, 2.75) is 33.6 Å². The summed E-state index contributed by atoms with van der Waals surface area (Å²) in [7, 11) is 0. The average Bonchev–Trinajstić information content (AvgIpc) is 2.41. The van der Waals surface area contributed by atoms with Gasteiger partial charge in [0.05, 0.1) is 9.26 Å². The van der Waals surface area contributed by atoms with Crippen LogP contribution in [0.5, 0.6) is 0 Å². The molecule has 2 heterocycles. The van der Waals surface area contributed by atoms with Gasteiger partial charge in [0.2, 0.25) is 0 Å². The summed E-state index contributed by atoms with van der Waals surface area (Å²) in [4.78, 5) is 13.7. The van der Waals surface area contributed by atoms with Gasteiger partial charge in [0, 0.05) is 12.7 Å². The minimum absolute atomic E-state index is 0.353. The molecule has 2 aromatic rings. The zero-order valence-corrected chi connectivity index (χ0v) is 14.4. The van der Waals surface area contributed by atoms with E-state index in [0.717, 1.165) is 32.9 Å². The lowest BCUT2D eigenvalue weighted by atomic mass is 10.1. The summed E-state index contributed by atoms with van der Waals surface area (Å²) in [6, 6.07) is 3.99. The smallest absolute Gasteiger partial charge is 0.180 e. The van der Waals surface area contributed by atoms with E-state index in [0.29, 0.717) is 11.7 Å². The molecule has 0 radical (unpaired) electrons. The van der Waals surface area contributed by atoms with Gasteiger partial charge in [-0.1, -0.05) is 13.8 Å². The molecule has 2 rings (SSSR count). The van der Waals surface area contributed by atoms with Gasteiger partial charge in [-0.25, -0.2) is 9.97 Å². The van der Waals surface area contributed by atoms with E-state index in [9.17, 15) is 0 Å². The topological polar surface area (TPSA) is 50.7 Å². The molecular weight excluding hydrogens is 363 g/mol. The van der Waals surface area contributed by atoms with E-state index in [1.807, 2.05) is 19.1 Å². The molecule has 2 aromatic heterocycles. The molecule has 5 heteroatoms. The molecule has 20 heavy (non-hydrogen) atoms. The van der Waals surface area contributed by atoms with Gasteiger partial charge in [-0.2, -0.15) is 0 Å². The van der Waals surface area contributed by atoms with Gasteiger partial charge >= 0.3 is 0 Å². The molecule has 0 aliphatic carbocycles. The molecule has 0 saturated heterocycles. The second kappa shape index (κ2) is 6.47. The van der Waals surface area contributed by atoms with Gasteiger partial charge in [-0.05, 0) is 60.1 Å². The normalized spacial score (nSPS) is 10.9. The zero-order chi connectivity index (χ0) is 14.7. The first-order valence-electron chi connectivity index (χ1n) is 6.77. The van der Waals surface area contributed by atoms with E-state index in [4.69, 9.17) is 4.98 Å². The van der Waals surface area contributed by atoms with Crippen LogP contribution in [0, 0.1) is 10.5 Å². The molecule has 0 amide bonds. The van der Waals surface area contributed by atoms with Crippen LogP contribution in [0.25, 0.3) is 11.5 Å². The van der Waals surface area contributed by atoms with Crippen molar-refractivity contribution in [3.63, 3.8) is 0 Å². The van der Waals surface area contributed by atoms with Crippen LogP contribution in [0.15, 0.2) is 18.3 Å². The van der Waals surface area contributed by atoms with Gasteiger partial charge in [-0.3, -0.25) is 4.98 Å². The van der Waals surface area contributed by atoms with Gasteiger partial charge in [0.1, 0.15) is 11.5 Å². The van der Waals surface area contributed by atoms with Crippen molar-refractivity contribution in [1.29, 1.82) is 0 Å². The lowest BCUT2D eigenvalue weighted by Crippen LogP contribution is -2.09. The third-order valence-corrected chi connectivity index (χ3v) is 3.98. The lowest BCUT2D eigenvalue weighted by Gasteiger charge is -2.14. The Labute approximate surface area is 133 Å². The van der Waals surface area contributed by atoms with Crippen molar-refractivity contribution >= 4 is 28.4 Å². The zero-order valence-electron chi connectivity index (χ0n) is 12.2. The molecule has 4 nitrogen and oxygen atoms in total. The highest BCUT2D eigenvalue weighted by molar-refractivity contribution is 14.1. The molecule has 106 valence electrons. The molecular formula is C15H19IN4. The van der Waals surface area contributed by atoms with Crippen LogP contribution in [0.4, 0.5) is 5.82 Å². The molecule has 1 N–H and O–H groups in total. The maximum absolute atomic E-state index is 4.70. The van der Waals surface area contributed by atoms with Gasteiger partial charge in [0.15, 0.2) is 5.82 Å². The summed E-state index contributed by atoms with van der Waals surface area (Å²) < 4.78 is 1.09. The van der Waals surface area contributed by atoms with Crippen LogP contribution in [0.1, 0.15) is 37.9 Å². The molecule has 0 aromatic carbocycles. The van der Waals surface area contributed by atoms with Crippen molar-refractivity contribution in [2.75, 3.05) is 11.9 Å². The number of rotatable bonds is 4. The van der Waals surface area contributed by atoms with Crippen LogP contribution in [-0.2, 0) is 0 Å². The average molecular weight is 382 g/mol. The maximum atomic E-state index is 4.70. The number of pyridine rings is 1. The van der Waals surface area contributed by atoms with Crippen molar-refractivity contribution < 1.29 is 0 Å². The van der Waals surface area contributed by atoms with E-state index in [1.54, 1.807) is 6.20 Å². The van der Waals surface area contributed by atoms with Gasteiger partial charge in [0.25, 0.3) is 0 Å². The number of nitrogens with zero attached hydrogens (tertiary/aromatic N) is 3. The van der Waals surface area contributed by atoms with E-state index < -0.39 is 0 Å². The molecule has 0 aliphatic rings. The largest absolute Gasteiger partial charge is 0.369 e. The number of anilines is 1. The first-order chi connectivity index (χ1) is 9.52. The predicted octanol–water partition coefficient (Wildman–Crippen LogP) is 4.01. The van der Waals surface area contributed by atoms with Gasteiger partial charge < -0.3 is 5.32 Å². The minimum atomic E-state index is 0.353. The summed E-state index contributed by atoms with van der Waals surface area (Å²) >= 11 is 2.31. The molecule has 0 saturated carbocycles. The summed E-state index contributed by atoms with van der Waals surface area (Å²) in [6.45, 7) is 9.25. The highest BCUT2D eigenvalue weighted by Gasteiger charge is 2.16. The number of halogens is 1. The van der Waals surface area contributed by atoms with Crippen LogP contribution in [0.2, 0.25) is 0 Å². The predicted molar refractivity (Wildman–Crippen MR) is 91.0 cm³/mol. The Bertz CT molecular complexity index is 611. The number of nitrogens with one attached hydrogen (secondary N) is 1. The Morgan fingerprint density at radius 3 is 2.65 bits per heavy atom. The summed E-state index contributed by atoms with van der Waals surface area (Å²) in [6.07, 6.45) is 1.80. The monoisotopic (exact) mass is 382 g/mol. The fraction of sp³-hybridized carbons (Fsp3) is 0.400. The fourth-order valence-corrected chi connectivity index (χ4v) is 2.96. The van der Waals surface area contributed by atoms with Crippen molar-refractivity contribution in [1.82, 2.24) is 15.0 Å². The molecule has 0 bridgehead atoms. The minimum Gasteiger partial charge on any atom is -0.369 e. The van der Waals surface area contributed by atoms with Crippen LogP contribution < -0.4 is 5.32 Å². The van der Waals surface area contributed by atoms with Crippen LogP contribution >= 0.6 is 22.6 Å². The highest BCUT2D eigenvalue weighted by atomic mass is 127. The quantitative estimate of drug-likeness (QED) is 0.812. The number of hydrogen-bond donors (Lipinski definition) is 1. The lowest BCUT2D eigenvalue weighted by molar-refractivity contribution is 0.807. The molecule has 0 unspecified atom stereocenters. The van der Waals surface area contributed by atoms with E-state index in [2.05, 4.69) is 58.6 Å². The van der Waals surface area contributed by atoms with Crippen molar-refractivity contribution in [2.24, 2.45) is 0 Å². The summed E-state index contributed by atoms with van der Waals surface area (Å²) in [5, 5.41) is 3.31. The Hall–Kier alpha value is -1.24. The Kier molecular flexibility index (Phi) is 4.91. The SMILES string of the molecule is CCNc1nc(-c2cc(C)ccn2)nc(C(C)C)c1I. The molecule has 0 atom stereocenters. The van der Waals surface area contributed by atoms with Crippen molar-refractivity contribution in [3.05, 3.63) is 33.2 Å². The van der Waals surface area contributed by atoms with E-state index in [-0.39, 0.29) is 0 Å². The molecule has 0 spiro atoms. The van der Waals surface area contributed by atoms with E-state index in [1.165, 1.54) is 0 Å². The Balaban J connectivity index is 2.58. The van der Waals surface area contributed by atoms with Crippen LogP contribution in [0.3, 0.4) is 0 Å². The third-order valence-electron chi connectivity index (χ3n) is 2.91. The second-order valence-electron chi connectivity index (χ2n) is 5.00. The first-order valence-corrected chi connectivity index (χ1v) is 7.85. The molecule has 0 aliphatic heterocycles. The Morgan fingerprint density at radius 1 is 1.30 bits per heavy atom. The number of hydrogen-bond acceptors (Lipinski definition) is 4. The van der Waals surface area contributed by atoms with Gasteiger partial charge in [-0.15, -0.1) is 0 Å². The summed E-state index contributed by atoms with van der Waals surface area (Å²) in [5.41, 5.74) is 3.05. The highest BCUT2D eigenvalue weighted by Crippen LogP contribution is 2.27. The third kappa shape index (κ3) is 3.26. The first kappa shape index (κ1) is 15.2. The van der Waals surface area contributed by atoms with Crippen molar-refractivity contribution in [3.8, 4) is 11.5 Å². The van der Waals surface area contributed by atoms with E-state index >= 15 is 0 Å². The second-order valence-corrected chi connectivity index (χ2v) is 6.08.